The molecule has 0 spiro atoms. The van der Waals surface area contributed by atoms with Crippen molar-refractivity contribution in [1.29, 1.82) is 0 Å². The number of amides is 1. The van der Waals surface area contributed by atoms with Crippen LogP contribution in [0.3, 0.4) is 0 Å². The normalized spacial score (nSPS) is 12.2. The molecule has 0 radical (unpaired) electrons. The first-order valence-electron chi connectivity index (χ1n) is 10.3. The number of aryl methyl sites for hydroxylation is 2. The minimum absolute atomic E-state index is 0.346. The number of rotatable bonds is 11. The first-order chi connectivity index (χ1) is 14.7. The highest BCUT2D eigenvalue weighted by Gasteiger charge is 2.31. The smallest absolute Gasteiger partial charge is 0.243 e. The first-order valence-corrected chi connectivity index (χ1v) is 12.2. The van der Waals surface area contributed by atoms with E-state index in [4.69, 9.17) is 9.47 Å². The van der Waals surface area contributed by atoms with Gasteiger partial charge in [0.1, 0.15) is 17.5 Å². The molecular weight excluding hydrogens is 416 g/mol. The van der Waals surface area contributed by atoms with Gasteiger partial charge in [0.2, 0.25) is 15.9 Å². The van der Waals surface area contributed by atoms with Gasteiger partial charge in [0.25, 0.3) is 0 Å². The molecule has 8 heteroatoms. The van der Waals surface area contributed by atoms with Crippen LogP contribution >= 0.6 is 0 Å². The van der Waals surface area contributed by atoms with E-state index in [2.05, 4.69) is 5.32 Å². The fourth-order valence-corrected chi connectivity index (χ4v) is 4.57. The van der Waals surface area contributed by atoms with Gasteiger partial charge in [-0.1, -0.05) is 24.3 Å². The van der Waals surface area contributed by atoms with Crippen molar-refractivity contribution >= 4 is 21.6 Å². The molecule has 0 saturated heterocycles. The summed E-state index contributed by atoms with van der Waals surface area (Å²) in [7, 11) is -2.25. The van der Waals surface area contributed by atoms with Crippen LogP contribution in [-0.2, 0) is 21.2 Å². The summed E-state index contributed by atoms with van der Waals surface area (Å²) < 4.78 is 37.2. The van der Waals surface area contributed by atoms with Crippen LogP contribution < -0.4 is 19.1 Å². The Hall–Kier alpha value is -2.74. The largest absolute Gasteiger partial charge is 0.495 e. The topological polar surface area (TPSA) is 84.9 Å². The van der Waals surface area contributed by atoms with Crippen LogP contribution in [0.15, 0.2) is 42.5 Å². The van der Waals surface area contributed by atoms with Crippen molar-refractivity contribution in [2.75, 3.05) is 30.8 Å². The van der Waals surface area contributed by atoms with E-state index >= 15 is 0 Å². The summed E-state index contributed by atoms with van der Waals surface area (Å²) in [6.07, 6.45) is 2.53. The van der Waals surface area contributed by atoms with Gasteiger partial charge in [-0.3, -0.25) is 9.10 Å². The zero-order valence-corrected chi connectivity index (χ0v) is 19.7. The van der Waals surface area contributed by atoms with Crippen molar-refractivity contribution in [1.82, 2.24) is 5.32 Å². The molecule has 1 N–H and O–H groups in total. The Bertz CT molecular complexity index is 991. The molecule has 170 valence electrons. The lowest BCUT2D eigenvalue weighted by Crippen LogP contribution is -2.48. The van der Waals surface area contributed by atoms with Crippen LogP contribution in [0.25, 0.3) is 0 Å². The van der Waals surface area contributed by atoms with Crippen molar-refractivity contribution < 1.29 is 22.7 Å². The third-order valence-corrected chi connectivity index (χ3v) is 6.08. The summed E-state index contributed by atoms with van der Waals surface area (Å²) in [6, 6.07) is 12.1. The van der Waals surface area contributed by atoms with E-state index in [-0.39, 0.29) is 5.91 Å². The summed E-state index contributed by atoms with van der Waals surface area (Å²) in [5.74, 6) is 0.870. The number of nitrogens with one attached hydrogen (secondary N) is 1. The predicted octanol–water partition coefficient (Wildman–Crippen LogP) is 3.31. The lowest BCUT2D eigenvalue weighted by molar-refractivity contribution is -0.121. The molecule has 0 fully saturated rings. The molecule has 0 aliphatic heterocycles. The molecule has 1 amide bonds. The highest BCUT2D eigenvalue weighted by atomic mass is 32.2. The number of carbonyl (C=O) groups is 1. The number of carbonyl (C=O) groups excluding carboxylic acids is 1. The number of sulfonamides is 1. The van der Waals surface area contributed by atoms with E-state index in [0.717, 1.165) is 33.9 Å². The monoisotopic (exact) mass is 448 g/mol. The molecule has 2 aromatic rings. The maximum Gasteiger partial charge on any atom is 0.243 e. The molecule has 1 atom stereocenters. The molecule has 2 rings (SSSR count). The summed E-state index contributed by atoms with van der Waals surface area (Å²) in [6.45, 7) is 6.38. The van der Waals surface area contributed by atoms with E-state index in [0.29, 0.717) is 31.0 Å². The molecule has 31 heavy (non-hydrogen) atoms. The second-order valence-electron chi connectivity index (χ2n) is 7.35. The molecule has 0 heterocycles. The summed E-state index contributed by atoms with van der Waals surface area (Å²) >= 11 is 0. The molecular formula is C23H32N2O5S. The average Bonchev–Trinajstić information content (AvgIpc) is 2.71. The van der Waals surface area contributed by atoms with Crippen molar-refractivity contribution in [3.8, 4) is 11.5 Å². The van der Waals surface area contributed by atoms with Gasteiger partial charge in [0.05, 0.1) is 25.7 Å². The summed E-state index contributed by atoms with van der Waals surface area (Å²) in [5.41, 5.74) is 2.29. The Morgan fingerprint density at radius 1 is 1.16 bits per heavy atom. The van der Waals surface area contributed by atoms with Crippen LogP contribution in [-0.4, -0.2) is 46.9 Å². The summed E-state index contributed by atoms with van der Waals surface area (Å²) in [4.78, 5) is 12.8. The van der Waals surface area contributed by atoms with Crippen LogP contribution in [0, 0.1) is 6.92 Å². The second kappa shape index (κ2) is 11.0. The minimum atomic E-state index is -3.72. The van der Waals surface area contributed by atoms with Gasteiger partial charge in [-0.25, -0.2) is 8.42 Å². The zero-order chi connectivity index (χ0) is 23.0. The SMILES string of the molecule is CCOc1ccccc1CCCNC(=O)C(C)N(c1cc(C)ccc1OC)S(C)(=O)=O. The van der Waals surface area contributed by atoms with E-state index < -0.39 is 16.1 Å². The highest BCUT2D eigenvalue weighted by Crippen LogP contribution is 2.32. The van der Waals surface area contributed by atoms with Crippen molar-refractivity contribution in [3.63, 3.8) is 0 Å². The zero-order valence-electron chi connectivity index (χ0n) is 18.8. The summed E-state index contributed by atoms with van der Waals surface area (Å²) in [5, 5.41) is 2.85. The lowest BCUT2D eigenvalue weighted by Gasteiger charge is -2.29. The van der Waals surface area contributed by atoms with E-state index in [1.54, 1.807) is 19.1 Å². The number of anilines is 1. The first kappa shape index (κ1) is 24.5. The Morgan fingerprint density at radius 3 is 2.52 bits per heavy atom. The van der Waals surface area contributed by atoms with Gasteiger partial charge >= 0.3 is 0 Å². The van der Waals surface area contributed by atoms with Gasteiger partial charge in [0, 0.05) is 6.54 Å². The van der Waals surface area contributed by atoms with Crippen molar-refractivity contribution in [3.05, 3.63) is 53.6 Å². The number of benzene rings is 2. The minimum Gasteiger partial charge on any atom is -0.495 e. The number of hydrogen-bond acceptors (Lipinski definition) is 5. The third kappa shape index (κ3) is 6.62. The van der Waals surface area contributed by atoms with E-state index in [1.165, 1.54) is 7.11 Å². The standard InChI is InChI=1S/C23H32N2O5S/c1-6-30-21-12-8-7-10-19(21)11-9-15-24-23(26)18(3)25(31(5,27)28)20-16-17(2)13-14-22(20)29-4/h7-8,10,12-14,16,18H,6,9,11,15H2,1-5H3,(H,24,26). The maximum absolute atomic E-state index is 12.8. The van der Waals surface area contributed by atoms with Gasteiger partial charge in [-0.2, -0.15) is 0 Å². The molecule has 2 aromatic carbocycles. The molecule has 0 saturated carbocycles. The quantitative estimate of drug-likeness (QED) is 0.533. The van der Waals surface area contributed by atoms with Crippen LogP contribution in [0.2, 0.25) is 0 Å². The lowest BCUT2D eigenvalue weighted by atomic mass is 10.1. The van der Waals surface area contributed by atoms with Crippen molar-refractivity contribution in [2.45, 2.75) is 39.7 Å². The Kier molecular flexibility index (Phi) is 8.74. The fourth-order valence-electron chi connectivity index (χ4n) is 3.40. The number of ether oxygens (including phenoxy) is 2. The second-order valence-corrected chi connectivity index (χ2v) is 9.20. The number of methoxy groups -OCH3 is 1. The van der Waals surface area contributed by atoms with Gasteiger partial charge in [-0.15, -0.1) is 0 Å². The molecule has 0 bridgehead atoms. The van der Waals surface area contributed by atoms with Gasteiger partial charge in [-0.05, 0) is 62.9 Å². The van der Waals surface area contributed by atoms with E-state index in [1.807, 2.05) is 44.2 Å². The third-order valence-electron chi connectivity index (χ3n) is 4.85. The van der Waals surface area contributed by atoms with E-state index in [9.17, 15) is 13.2 Å². The van der Waals surface area contributed by atoms with Crippen LogP contribution in [0.1, 0.15) is 31.4 Å². The average molecular weight is 449 g/mol. The number of para-hydroxylation sites is 1. The molecule has 0 aliphatic rings. The Labute approximate surface area is 185 Å². The van der Waals surface area contributed by atoms with Crippen molar-refractivity contribution in [2.24, 2.45) is 0 Å². The van der Waals surface area contributed by atoms with Crippen LogP contribution in [0.4, 0.5) is 5.69 Å². The highest BCUT2D eigenvalue weighted by molar-refractivity contribution is 7.92. The number of hydrogen-bond donors (Lipinski definition) is 1. The van der Waals surface area contributed by atoms with Gasteiger partial charge in [0.15, 0.2) is 0 Å². The molecule has 7 nitrogen and oxygen atoms in total. The van der Waals surface area contributed by atoms with Crippen LogP contribution in [0.5, 0.6) is 11.5 Å². The maximum atomic E-state index is 12.8. The predicted molar refractivity (Wildman–Crippen MR) is 123 cm³/mol. The molecule has 0 aromatic heterocycles. The van der Waals surface area contributed by atoms with Gasteiger partial charge < -0.3 is 14.8 Å². The number of nitrogens with zero attached hydrogens (tertiary/aromatic N) is 1. The molecule has 0 aliphatic carbocycles. The Balaban J connectivity index is 2.07. The fraction of sp³-hybridized carbons (Fsp3) is 0.435. The molecule has 1 unspecified atom stereocenters. The Morgan fingerprint density at radius 2 is 1.87 bits per heavy atom.